The molecule has 1 aliphatic rings. The first kappa shape index (κ1) is 22.5. The molecule has 1 fully saturated rings. The molecule has 9 heteroatoms. The van der Waals surface area contributed by atoms with Crippen molar-refractivity contribution >= 4 is 27.9 Å². The molecule has 0 spiro atoms. The maximum absolute atomic E-state index is 12.4. The summed E-state index contributed by atoms with van der Waals surface area (Å²) in [7, 11) is 5.01. The van der Waals surface area contributed by atoms with Crippen LogP contribution in [0.4, 0.5) is 0 Å². The van der Waals surface area contributed by atoms with Crippen molar-refractivity contribution in [3.05, 3.63) is 41.7 Å². The summed E-state index contributed by atoms with van der Waals surface area (Å²) in [6, 6.07) is 7.86. The van der Waals surface area contributed by atoms with Gasteiger partial charge in [0.2, 0.25) is 0 Å². The van der Waals surface area contributed by atoms with Gasteiger partial charge >= 0.3 is 5.97 Å². The van der Waals surface area contributed by atoms with Crippen LogP contribution in [0.3, 0.4) is 0 Å². The molecule has 1 atom stereocenters. The molecular formula is C25H29N5O4. The average Bonchev–Trinajstić information content (AvgIpc) is 3.37. The summed E-state index contributed by atoms with van der Waals surface area (Å²) >= 11 is 0. The highest BCUT2D eigenvalue weighted by Crippen LogP contribution is 2.38. The molecule has 9 nitrogen and oxygen atoms in total. The highest BCUT2D eigenvalue weighted by Gasteiger charge is 2.29. The number of fused-ring (bicyclic) bond motifs is 3. The molecule has 1 unspecified atom stereocenters. The lowest BCUT2D eigenvalue weighted by Crippen LogP contribution is -2.29. The smallest absolute Gasteiger partial charge is 0.337 e. The van der Waals surface area contributed by atoms with Gasteiger partial charge in [-0.05, 0) is 49.9 Å². The highest BCUT2D eigenvalue weighted by atomic mass is 16.5. The second kappa shape index (κ2) is 9.15. The van der Waals surface area contributed by atoms with Crippen molar-refractivity contribution in [2.45, 2.75) is 25.8 Å². The summed E-state index contributed by atoms with van der Waals surface area (Å²) < 4.78 is 20.4. The molecule has 0 aliphatic carbocycles. The number of nitrogens with zero attached hydrogens (tertiary/aromatic N) is 5. The summed E-state index contributed by atoms with van der Waals surface area (Å²) in [6.07, 6.45) is 3.76. The van der Waals surface area contributed by atoms with E-state index in [2.05, 4.69) is 20.9 Å². The van der Waals surface area contributed by atoms with Crippen LogP contribution in [-0.4, -0.2) is 64.6 Å². The Morgan fingerprint density at radius 1 is 1.21 bits per heavy atom. The topological polar surface area (TPSA) is 93.3 Å². The summed E-state index contributed by atoms with van der Waals surface area (Å²) in [6.45, 7) is 3.96. The number of aromatic nitrogens is 5. The SMILES string of the molecule is COCC(C1CCOCC1)n1c2cc(C(=O)OC)ccc2c2ncc(-c3c(C)nnn3C)cc21. The van der Waals surface area contributed by atoms with E-state index in [9.17, 15) is 4.79 Å². The first-order chi connectivity index (χ1) is 16.5. The first-order valence-corrected chi connectivity index (χ1v) is 11.5. The Bertz CT molecular complexity index is 1330. The van der Waals surface area contributed by atoms with Gasteiger partial charge in [-0.2, -0.15) is 0 Å². The minimum Gasteiger partial charge on any atom is -0.465 e. The Labute approximate surface area is 197 Å². The monoisotopic (exact) mass is 463 g/mol. The van der Waals surface area contributed by atoms with Crippen molar-refractivity contribution in [3.8, 4) is 11.3 Å². The highest BCUT2D eigenvalue weighted by molar-refractivity contribution is 6.08. The Balaban J connectivity index is 1.80. The zero-order valence-electron chi connectivity index (χ0n) is 19.9. The van der Waals surface area contributed by atoms with E-state index >= 15 is 0 Å². The van der Waals surface area contributed by atoms with Crippen LogP contribution in [0, 0.1) is 12.8 Å². The fraction of sp³-hybridized carbons (Fsp3) is 0.440. The van der Waals surface area contributed by atoms with Crippen molar-refractivity contribution < 1.29 is 19.0 Å². The number of benzene rings is 1. The summed E-state index contributed by atoms with van der Waals surface area (Å²) in [5, 5.41) is 9.36. The van der Waals surface area contributed by atoms with Gasteiger partial charge in [0.15, 0.2) is 0 Å². The molecule has 34 heavy (non-hydrogen) atoms. The van der Waals surface area contributed by atoms with Crippen molar-refractivity contribution in [1.29, 1.82) is 0 Å². The van der Waals surface area contributed by atoms with Crippen LogP contribution < -0.4 is 0 Å². The van der Waals surface area contributed by atoms with Crippen LogP contribution in [0.15, 0.2) is 30.5 Å². The molecule has 0 bridgehead atoms. The van der Waals surface area contributed by atoms with E-state index in [1.165, 1.54) is 7.11 Å². The Morgan fingerprint density at radius 3 is 2.68 bits per heavy atom. The van der Waals surface area contributed by atoms with E-state index < -0.39 is 0 Å². The van der Waals surface area contributed by atoms with Crippen LogP contribution in [0.2, 0.25) is 0 Å². The van der Waals surface area contributed by atoms with E-state index in [1.54, 1.807) is 17.9 Å². The predicted molar refractivity (Wildman–Crippen MR) is 128 cm³/mol. The summed E-state index contributed by atoms with van der Waals surface area (Å²) in [5.74, 6) is 0.0105. The van der Waals surface area contributed by atoms with E-state index in [0.29, 0.717) is 18.1 Å². The second-order valence-electron chi connectivity index (χ2n) is 8.80. The molecule has 0 saturated carbocycles. The number of carbonyl (C=O) groups excluding carboxylic acids is 1. The van der Waals surface area contributed by atoms with Gasteiger partial charge in [-0.1, -0.05) is 5.21 Å². The number of esters is 1. The van der Waals surface area contributed by atoms with Crippen molar-refractivity contribution in [1.82, 2.24) is 24.5 Å². The second-order valence-corrected chi connectivity index (χ2v) is 8.80. The minimum atomic E-state index is -0.363. The largest absolute Gasteiger partial charge is 0.465 e. The van der Waals surface area contributed by atoms with Gasteiger partial charge in [0.1, 0.15) is 0 Å². The summed E-state index contributed by atoms with van der Waals surface area (Å²) in [5.41, 5.74) is 6.04. The molecule has 0 amide bonds. The van der Waals surface area contributed by atoms with E-state index in [1.807, 2.05) is 32.3 Å². The van der Waals surface area contributed by atoms with Crippen LogP contribution in [0.5, 0.6) is 0 Å². The number of carbonyl (C=O) groups is 1. The standard InChI is InChI=1S/C25H29N5O4/c1-15-24(29(2)28-27-15)18-12-21-23(26-13-18)19-6-5-17(25(31)33-4)11-20(19)30(21)22(14-32-3)16-7-9-34-10-8-16/h5-6,11-13,16,22H,7-10,14H2,1-4H3. The lowest BCUT2D eigenvalue weighted by atomic mass is 9.91. The van der Waals surface area contributed by atoms with Crippen molar-refractivity contribution in [2.24, 2.45) is 13.0 Å². The van der Waals surface area contributed by atoms with Crippen molar-refractivity contribution in [3.63, 3.8) is 0 Å². The fourth-order valence-corrected chi connectivity index (χ4v) is 5.19. The fourth-order valence-electron chi connectivity index (χ4n) is 5.19. The Kier molecular flexibility index (Phi) is 6.05. The molecular weight excluding hydrogens is 434 g/mol. The number of aryl methyl sites for hydroxylation is 2. The minimum absolute atomic E-state index is 0.0598. The van der Waals surface area contributed by atoms with Gasteiger partial charge in [-0.25, -0.2) is 9.48 Å². The quantitative estimate of drug-likeness (QED) is 0.403. The third kappa shape index (κ3) is 3.74. The molecule has 5 rings (SSSR count). The molecule has 178 valence electrons. The maximum atomic E-state index is 12.4. The number of hydrogen-bond acceptors (Lipinski definition) is 7. The normalized spacial score (nSPS) is 15.8. The zero-order chi connectivity index (χ0) is 23.8. The molecule has 1 aliphatic heterocycles. The number of rotatable bonds is 6. The Morgan fingerprint density at radius 2 is 2.00 bits per heavy atom. The van der Waals surface area contributed by atoms with E-state index in [0.717, 1.165) is 64.9 Å². The predicted octanol–water partition coefficient (Wildman–Crippen LogP) is 3.69. The maximum Gasteiger partial charge on any atom is 0.337 e. The molecule has 1 aromatic carbocycles. The zero-order valence-corrected chi connectivity index (χ0v) is 19.9. The van der Waals surface area contributed by atoms with Gasteiger partial charge in [-0.3, -0.25) is 4.98 Å². The van der Waals surface area contributed by atoms with Crippen LogP contribution >= 0.6 is 0 Å². The number of pyridine rings is 1. The lowest BCUT2D eigenvalue weighted by Gasteiger charge is -2.32. The van der Waals surface area contributed by atoms with E-state index in [4.69, 9.17) is 19.2 Å². The lowest BCUT2D eigenvalue weighted by molar-refractivity contribution is 0.0311. The number of methoxy groups -OCH3 is 2. The van der Waals surface area contributed by atoms with Crippen molar-refractivity contribution in [2.75, 3.05) is 34.0 Å². The third-order valence-electron chi connectivity index (χ3n) is 6.81. The van der Waals surface area contributed by atoms with Gasteiger partial charge in [-0.15, -0.1) is 5.10 Å². The molecule has 4 aromatic rings. The Hall–Kier alpha value is -3.30. The van der Waals surface area contributed by atoms with E-state index in [-0.39, 0.29) is 12.0 Å². The molecule has 0 N–H and O–H groups in total. The van der Waals surface area contributed by atoms with Crippen LogP contribution in [0.1, 0.15) is 34.9 Å². The third-order valence-corrected chi connectivity index (χ3v) is 6.81. The summed E-state index contributed by atoms with van der Waals surface area (Å²) in [4.78, 5) is 17.2. The molecule has 4 heterocycles. The van der Waals surface area contributed by atoms with Gasteiger partial charge in [0.05, 0.1) is 53.3 Å². The average molecular weight is 464 g/mol. The number of hydrogen-bond donors (Lipinski definition) is 0. The van der Waals surface area contributed by atoms with Crippen LogP contribution in [-0.2, 0) is 21.3 Å². The number of ether oxygens (including phenoxy) is 3. The molecule has 3 aromatic heterocycles. The van der Waals surface area contributed by atoms with Gasteiger partial charge < -0.3 is 18.8 Å². The first-order valence-electron chi connectivity index (χ1n) is 11.5. The van der Waals surface area contributed by atoms with Gasteiger partial charge in [0.25, 0.3) is 0 Å². The van der Waals surface area contributed by atoms with Crippen LogP contribution in [0.25, 0.3) is 33.2 Å². The molecule has 0 radical (unpaired) electrons. The molecule has 1 saturated heterocycles. The van der Waals surface area contributed by atoms with Gasteiger partial charge in [0, 0.05) is 44.5 Å².